The van der Waals surface area contributed by atoms with Gasteiger partial charge >= 0.3 is 6.09 Å². The third-order valence-electron chi connectivity index (χ3n) is 6.13. The van der Waals surface area contributed by atoms with Gasteiger partial charge in [0.05, 0.1) is 13.2 Å². The minimum absolute atomic E-state index is 0.425. The van der Waals surface area contributed by atoms with E-state index in [1.165, 1.54) is 16.0 Å². The molecule has 1 fully saturated rings. The standard InChI is InChI=1S/C24H26N4O3/c29-24(30)28-6-4-18(5-7-28)22-15-26-23-21(22)13-20(14-25-23)19-3-1-2-17(12-19)16-27-8-10-31-11-9-27/h1-4,12-15H,5-11,16H2,(H,25,26)(H,29,30). The Bertz CT molecular complexity index is 1130. The lowest BCUT2D eigenvalue weighted by Gasteiger charge is -2.26. The predicted octanol–water partition coefficient (Wildman–Crippen LogP) is 3.83. The molecule has 0 aliphatic carbocycles. The molecule has 2 aliphatic rings. The summed E-state index contributed by atoms with van der Waals surface area (Å²) in [5.74, 6) is 0. The van der Waals surface area contributed by atoms with Crippen molar-refractivity contribution in [3.8, 4) is 11.1 Å². The molecule has 0 radical (unpaired) electrons. The largest absolute Gasteiger partial charge is 0.465 e. The van der Waals surface area contributed by atoms with Crippen LogP contribution < -0.4 is 0 Å². The van der Waals surface area contributed by atoms with Crippen molar-refractivity contribution in [2.75, 3.05) is 39.4 Å². The highest BCUT2D eigenvalue weighted by Gasteiger charge is 2.19. The fourth-order valence-corrected chi connectivity index (χ4v) is 4.38. The van der Waals surface area contributed by atoms with Crippen LogP contribution in [0, 0.1) is 0 Å². The van der Waals surface area contributed by atoms with Gasteiger partial charge in [-0.1, -0.05) is 24.3 Å². The normalized spacial score (nSPS) is 17.7. The minimum atomic E-state index is -0.866. The molecule has 7 heteroatoms. The summed E-state index contributed by atoms with van der Waals surface area (Å²) in [5.41, 5.74) is 6.66. The Balaban J connectivity index is 1.42. The number of fused-ring (bicyclic) bond motifs is 1. The van der Waals surface area contributed by atoms with Crippen molar-refractivity contribution in [2.24, 2.45) is 0 Å². The number of hydrogen-bond acceptors (Lipinski definition) is 4. The van der Waals surface area contributed by atoms with Crippen molar-refractivity contribution >= 4 is 22.7 Å². The summed E-state index contributed by atoms with van der Waals surface area (Å²) in [6.07, 6.45) is 5.75. The Morgan fingerprint density at radius 2 is 2.03 bits per heavy atom. The van der Waals surface area contributed by atoms with E-state index in [0.717, 1.165) is 60.6 Å². The van der Waals surface area contributed by atoms with Crippen LogP contribution in [0.3, 0.4) is 0 Å². The summed E-state index contributed by atoms with van der Waals surface area (Å²) in [6, 6.07) is 10.8. The maximum Gasteiger partial charge on any atom is 0.407 e. The molecule has 2 aromatic heterocycles. The Hall–Kier alpha value is -3.16. The molecule has 5 rings (SSSR count). The third kappa shape index (κ3) is 4.19. The molecule has 1 aromatic carbocycles. The van der Waals surface area contributed by atoms with Crippen molar-refractivity contribution in [1.82, 2.24) is 19.8 Å². The molecule has 3 aromatic rings. The Morgan fingerprint density at radius 1 is 1.16 bits per heavy atom. The van der Waals surface area contributed by atoms with Gasteiger partial charge in [-0.3, -0.25) is 4.90 Å². The van der Waals surface area contributed by atoms with Gasteiger partial charge in [0.2, 0.25) is 0 Å². The molecular formula is C24H26N4O3. The molecule has 0 bridgehead atoms. The first kappa shape index (κ1) is 19.8. The zero-order valence-electron chi connectivity index (χ0n) is 17.4. The number of nitrogens with one attached hydrogen (secondary N) is 1. The fourth-order valence-electron chi connectivity index (χ4n) is 4.38. The molecule has 2 aliphatic heterocycles. The van der Waals surface area contributed by atoms with Gasteiger partial charge in [0.1, 0.15) is 5.65 Å². The number of aromatic amines is 1. The molecule has 7 nitrogen and oxygen atoms in total. The summed E-state index contributed by atoms with van der Waals surface area (Å²) in [6.45, 7) is 5.42. The van der Waals surface area contributed by atoms with E-state index in [9.17, 15) is 9.90 Å². The quantitative estimate of drug-likeness (QED) is 0.673. The minimum Gasteiger partial charge on any atom is -0.465 e. The molecular weight excluding hydrogens is 392 g/mol. The fraction of sp³-hybridized carbons (Fsp3) is 0.333. The van der Waals surface area contributed by atoms with Crippen LogP contribution in [-0.4, -0.2) is 70.4 Å². The smallest absolute Gasteiger partial charge is 0.407 e. The highest BCUT2D eigenvalue weighted by atomic mass is 16.5. The highest BCUT2D eigenvalue weighted by molar-refractivity contribution is 5.93. The number of pyridine rings is 1. The number of amides is 1. The monoisotopic (exact) mass is 418 g/mol. The topological polar surface area (TPSA) is 81.7 Å². The van der Waals surface area contributed by atoms with Crippen LogP contribution in [-0.2, 0) is 11.3 Å². The Kier molecular flexibility index (Phi) is 5.44. The summed E-state index contributed by atoms with van der Waals surface area (Å²) in [4.78, 5) is 23.0. The first-order valence-electron chi connectivity index (χ1n) is 10.7. The molecule has 0 atom stereocenters. The van der Waals surface area contributed by atoms with Crippen LogP contribution in [0.4, 0.5) is 4.79 Å². The van der Waals surface area contributed by atoms with Gasteiger partial charge < -0.3 is 19.7 Å². The van der Waals surface area contributed by atoms with Crippen LogP contribution in [0.1, 0.15) is 17.5 Å². The number of carbonyl (C=O) groups is 1. The van der Waals surface area contributed by atoms with E-state index in [4.69, 9.17) is 4.74 Å². The van der Waals surface area contributed by atoms with Gasteiger partial charge in [0.25, 0.3) is 0 Å². The van der Waals surface area contributed by atoms with Gasteiger partial charge in [-0.25, -0.2) is 9.78 Å². The Labute approximate surface area is 181 Å². The molecule has 1 saturated heterocycles. The average molecular weight is 418 g/mol. The summed E-state index contributed by atoms with van der Waals surface area (Å²) < 4.78 is 5.45. The van der Waals surface area contributed by atoms with Crippen molar-refractivity contribution in [3.63, 3.8) is 0 Å². The summed E-state index contributed by atoms with van der Waals surface area (Å²) in [7, 11) is 0. The van der Waals surface area contributed by atoms with E-state index in [1.807, 2.05) is 18.5 Å². The molecule has 31 heavy (non-hydrogen) atoms. The molecule has 0 spiro atoms. The number of hydrogen-bond donors (Lipinski definition) is 2. The molecule has 0 saturated carbocycles. The maximum absolute atomic E-state index is 11.2. The summed E-state index contributed by atoms with van der Waals surface area (Å²) >= 11 is 0. The second-order valence-corrected chi connectivity index (χ2v) is 8.12. The third-order valence-corrected chi connectivity index (χ3v) is 6.13. The maximum atomic E-state index is 11.2. The van der Waals surface area contributed by atoms with Crippen molar-refractivity contribution < 1.29 is 14.6 Å². The van der Waals surface area contributed by atoms with E-state index in [2.05, 4.69) is 45.2 Å². The van der Waals surface area contributed by atoms with Crippen molar-refractivity contribution in [1.29, 1.82) is 0 Å². The van der Waals surface area contributed by atoms with Gasteiger partial charge in [-0.2, -0.15) is 0 Å². The van der Waals surface area contributed by atoms with Gasteiger partial charge in [-0.05, 0) is 35.3 Å². The van der Waals surface area contributed by atoms with Crippen LogP contribution in [0.2, 0.25) is 0 Å². The second kappa shape index (κ2) is 8.53. The Morgan fingerprint density at radius 3 is 2.81 bits per heavy atom. The van der Waals surface area contributed by atoms with E-state index >= 15 is 0 Å². The van der Waals surface area contributed by atoms with Crippen molar-refractivity contribution in [3.05, 3.63) is 59.9 Å². The number of nitrogens with zero attached hydrogens (tertiary/aromatic N) is 3. The van der Waals surface area contributed by atoms with Crippen LogP contribution in [0.5, 0.6) is 0 Å². The lowest BCUT2D eigenvalue weighted by molar-refractivity contribution is 0.0342. The number of aromatic nitrogens is 2. The predicted molar refractivity (Wildman–Crippen MR) is 120 cm³/mol. The number of benzene rings is 1. The first-order chi connectivity index (χ1) is 15.2. The molecule has 0 unspecified atom stereocenters. The van der Waals surface area contributed by atoms with E-state index in [0.29, 0.717) is 19.5 Å². The van der Waals surface area contributed by atoms with E-state index in [1.54, 1.807) is 0 Å². The van der Waals surface area contributed by atoms with Gasteiger partial charge in [0, 0.05) is 61.6 Å². The van der Waals surface area contributed by atoms with Crippen molar-refractivity contribution in [2.45, 2.75) is 13.0 Å². The zero-order chi connectivity index (χ0) is 21.2. The number of morpholine rings is 1. The van der Waals surface area contributed by atoms with Gasteiger partial charge in [0.15, 0.2) is 0 Å². The lowest BCUT2D eigenvalue weighted by atomic mass is 9.97. The summed E-state index contributed by atoms with van der Waals surface area (Å²) in [5, 5.41) is 10.3. The van der Waals surface area contributed by atoms with Gasteiger partial charge in [-0.15, -0.1) is 0 Å². The first-order valence-corrected chi connectivity index (χ1v) is 10.7. The number of H-pyrrole nitrogens is 1. The SMILES string of the molecule is O=C(O)N1CC=C(c2c[nH]c3ncc(-c4cccc(CN5CCOCC5)c4)cc23)CC1. The number of carboxylic acid groups (broad SMARTS) is 1. The zero-order valence-corrected chi connectivity index (χ0v) is 17.4. The van der Waals surface area contributed by atoms with Crippen LogP contribution >= 0.6 is 0 Å². The molecule has 4 heterocycles. The number of ether oxygens (including phenoxy) is 1. The number of rotatable bonds is 4. The molecule has 160 valence electrons. The molecule has 1 amide bonds. The second-order valence-electron chi connectivity index (χ2n) is 8.12. The van der Waals surface area contributed by atoms with Crippen LogP contribution in [0.25, 0.3) is 27.7 Å². The van der Waals surface area contributed by atoms with Crippen LogP contribution in [0.15, 0.2) is 48.8 Å². The average Bonchev–Trinajstić information content (AvgIpc) is 3.23. The lowest BCUT2D eigenvalue weighted by Crippen LogP contribution is -2.35. The van der Waals surface area contributed by atoms with E-state index < -0.39 is 6.09 Å². The highest BCUT2D eigenvalue weighted by Crippen LogP contribution is 2.31. The molecule has 2 N–H and O–H groups in total. The van der Waals surface area contributed by atoms with E-state index in [-0.39, 0.29) is 0 Å².